The van der Waals surface area contributed by atoms with Crippen molar-refractivity contribution in [2.24, 2.45) is 5.92 Å². The molecule has 1 atom stereocenters. The fourth-order valence-corrected chi connectivity index (χ4v) is 1.34. The van der Waals surface area contributed by atoms with Gasteiger partial charge in [-0.15, -0.1) is 0 Å². The number of carbonyl (C=O) groups is 2. The fourth-order valence-electron chi connectivity index (χ4n) is 1.04. The molecule has 0 bridgehead atoms. The van der Waals surface area contributed by atoms with Gasteiger partial charge >= 0.3 is 5.97 Å². The Hall–Kier alpha value is -0.320. The molecule has 0 spiro atoms. The van der Waals surface area contributed by atoms with Crippen LogP contribution < -0.4 is 0 Å². The second kappa shape index (κ2) is 7.04. The Kier molecular flexibility index (Phi) is 6.89. The summed E-state index contributed by atoms with van der Waals surface area (Å²) in [5, 5.41) is 0. The lowest BCUT2D eigenvalue weighted by Gasteiger charge is -2.18. The van der Waals surface area contributed by atoms with E-state index in [1.54, 1.807) is 25.9 Å². The summed E-state index contributed by atoms with van der Waals surface area (Å²) >= 11 is 10.9. The van der Waals surface area contributed by atoms with Crippen LogP contribution in [0.15, 0.2) is 0 Å². The minimum atomic E-state index is -1.20. The van der Waals surface area contributed by atoms with E-state index in [1.165, 1.54) is 0 Å². The minimum Gasteiger partial charge on any atom is -0.465 e. The lowest BCUT2D eigenvalue weighted by molar-refractivity contribution is -0.151. The molecule has 15 heavy (non-hydrogen) atoms. The predicted octanol–water partition coefficient (Wildman–Crippen LogP) is 1.10. The molecular formula is C9H15Cl2NO3. The lowest BCUT2D eigenvalue weighted by Crippen LogP contribution is -2.37. The van der Waals surface area contributed by atoms with Gasteiger partial charge in [0.25, 0.3) is 0 Å². The van der Waals surface area contributed by atoms with Crippen LogP contribution in [0.4, 0.5) is 0 Å². The molecule has 0 saturated carbocycles. The van der Waals surface area contributed by atoms with E-state index in [0.29, 0.717) is 0 Å². The van der Waals surface area contributed by atoms with E-state index in [2.05, 4.69) is 0 Å². The highest BCUT2D eigenvalue weighted by molar-refractivity contribution is 6.54. The van der Waals surface area contributed by atoms with Gasteiger partial charge in [-0.2, -0.15) is 0 Å². The number of Topliss-reactive ketones (excluding diaryl/α,β-unsaturated/α-hetero) is 1. The number of hydrogen-bond acceptors (Lipinski definition) is 4. The number of carbonyl (C=O) groups excluding carboxylic acids is 2. The lowest BCUT2D eigenvalue weighted by atomic mass is 10.1. The molecule has 6 heteroatoms. The fraction of sp³-hybridized carbons (Fsp3) is 0.778. The topological polar surface area (TPSA) is 46.6 Å². The van der Waals surface area contributed by atoms with Crippen LogP contribution in [0.2, 0.25) is 0 Å². The van der Waals surface area contributed by atoms with Crippen molar-refractivity contribution in [1.82, 2.24) is 4.90 Å². The Balaban J connectivity index is 4.57. The van der Waals surface area contributed by atoms with Crippen molar-refractivity contribution in [3.05, 3.63) is 0 Å². The summed E-state index contributed by atoms with van der Waals surface area (Å²) in [6, 6.07) is 0. The number of ether oxygens (including phenoxy) is 1. The van der Waals surface area contributed by atoms with Gasteiger partial charge in [-0.1, -0.05) is 23.2 Å². The van der Waals surface area contributed by atoms with Gasteiger partial charge in [0.2, 0.25) is 0 Å². The molecule has 0 aromatic rings. The highest BCUT2D eigenvalue weighted by Gasteiger charge is 2.32. The van der Waals surface area contributed by atoms with Crippen molar-refractivity contribution < 1.29 is 14.3 Å². The van der Waals surface area contributed by atoms with Crippen molar-refractivity contribution in [2.75, 3.05) is 27.2 Å². The number of halogens is 2. The smallest absolute Gasteiger partial charge is 0.317 e. The van der Waals surface area contributed by atoms with Gasteiger partial charge in [0.1, 0.15) is 5.92 Å². The van der Waals surface area contributed by atoms with Crippen molar-refractivity contribution in [3.8, 4) is 0 Å². The monoisotopic (exact) mass is 255 g/mol. The third-order valence-corrected chi connectivity index (χ3v) is 2.11. The zero-order valence-electron chi connectivity index (χ0n) is 9.00. The molecule has 0 radical (unpaired) electrons. The summed E-state index contributed by atoms with van der Waals surface area (Å²) in [5.74, 6) is -2.02. The van der Waals surface area contributed by atoms with Crippen LogP contribution in [0.1, 0.15) is 6.92 Å². The predicted molar refractivity (Wildman–Crippen MR) is 59.2 cm³/mol. The summed E-state index contributed by atoms with van der Waals surface area (Å²) in [6.07, 6.45) is 0. The molecule has 0 aliphatic carbocycles. The van der Waals surface area contributed by atoms with Gasteiger partial charge in [0.05, 0.1) is 6.61 Å². The Labute approximate surface area is 99.5 Å². The first kappa shape index (κ1) is 14.7. The minimum absolute atomic E-state index is 0.227. The molecule has 4 nitrogen and oxygen atoms in total. The second-order valence-electron chi connectivity index (χ2n) is 3.27. The highest BCUT2D eigenvalue weighted by atomic mass is 35.5. The van der Waals surface area contributed by atoms with Gasteiger partial charge < -0.3 is 9.64 Å². The van der Waals surface area contributed by atoms with E-state index in [-0.39, 0.29) is 13.2 Å². The average Bonchev–Trinajstić information content (AvgIpc) is 2.13. The Morgan fingerprint density at radius 2 is 1.87 bits per heavy atom. The number of ketones is 1. The van der Waals surface area contributed by atoms with Crippen molar-refractivity contribution in [3.63, 3.8) is 0 Å². The average molecular weight is 256 g/mol. The maximum atomic E-state index is 11.5. The van der Waals surface area contributed by atoms with Crippen molar-refractivity contribution in [1.29, 1.82) is 0 Å². The Bertz CT molecular complexity index is 231. The number of hydrogen-bond donors (Lipinski definition) is 0. The van der Waals surface area contributed by atoms with Crippen LogP contribution in [0, 0.1) is 5.92 Å². The van der Waals surface area contributed by atoms with E-state index in [1.807, 2.05) is 0 Å². The molecule has 0 saturated heterocycles. The first-order valence-electron chi connectivity index (χ1n) is 4.53. The molecule has 0 aromatic carbocycles. The van der Waals surface area contributed by atoms with Crippen LogP contribution in [-0.2, 0) is 14.3 Å². The Morgan fingerprint density at radius 3 is 2.20 bits per heavy atom. The molecule has 0 aromatic heterocycles. The van der Waals surface area contributed by atoms with Gasteiger partial charge in [-0.05, 0) is 21.0 Å². The molecule has 1 unspecified atom stereocenters. The summed E-state index contributed by atoms with van der Waals surface area (Å²) in [4.78, 5) is 23.4. The van der Waals surface area contributed by atoms with Crippen LogP contribution in [0.25, 0.3) is 0 Å². The summed E-state index contributed by atoms with van der Waals surface area (Å²) in [7, 11) is 3.49. The largest absolute Gasteiger partial charge is 0.465 e. The van der Waals surface area contributed by atoms with E-state index in [0.717, 1.165) is 0 Å². The maximum absolute atomic E-state index is 11.5. The third-order valence-electron chi connectivity index (χ3n) is 1.68. The van der Waals surface area contributed by atoms with Crippen LogP contribution >= 0.6 is 23.2 Å². The molecular weight excluding hydrogens is 241 g/mol. The summed E-state index contributed by atoms with van der Waals surface area (Å²) in [6.45, 7) is 2.15. The van der Waals surface area contributed by atoms with Gasteiger partial charge in [0, 0.05) is 6.54 Å². The summed E-state index contributed by atoms with van der Waals surface area (Å²) < 4.78 is 4.77. The van der Waals surface area contributed by atoms with E-state index >= 15 is 0 Å². The van der Waals surface area contributed by atoms with Crippen LogP contribution in [0.3, 0.4) is 0 Å². The van der Waals surface area contributed by atoms with E-state index in [9.17, 15) is 9.59 Å². The number of esters is 1. The first-order chi connectivity index (χ1) is 6.90. The molecule has 0 N–H and O–H groups in total. The number of alkyl halides is 2. The van der Waals surface area contributed by atoms with Crippen molar-refractivity contribution >= 4 is 35.0 Å². The summed E-state index contributed by atoms with van der Waals surface area (Å²) in [5.41, 5.74) is 0. The van der Waals surface area contributed by atoms with Gasteiger partial charge in [0.15, 0.2) is 10.6 Å². The maximum Gasteiger partial charge on any atom is 0.317 e. The number of nitrogens with zero attached hydrogens (tertiary/aromatic N) is 1. The van der Waals surface area contributed by atoms with Crippen LogP contribution in [-0.4, -0.2) is 48.7 Å². The van der Waals surface area contributed by atoms with Gasteiger partial charge in [-0.25, -0.2) is 0 Å². The molecule has 0 amide bonds. The molecule has 0 rings (SSSR count). The van der Waals surface area contributed by atoms with Crippen molar-refractivity contribution in [2.45, 2.75) is 11.8 Å². The normalized spacial score (nSPS) is 13.0. The molecule has 88 valence electrons. The first-order valence-corrected chi connectivity index (χ1v) is 5.40. The van der Waals surface area contributed by atoms with Gasteiger partial charge in [-0.3, -0.25) is 9.59 Å². The molecule has 0 aliphatic heterocycles. The van der Waals surface area contributed by atoms with Crippen LogP contribution in [0.5, 0.6) is 0 Å². The van der Waals surface area contributed by atoms with E-state index < -0.39 is 22.5 Å². The van der Waals surface area contributed by atoms with E-state index in [4.69, 9.17) is 27.9 Å². The molecule has 0 aliphatic rings. The highest BCUT2D eigenvalue weighted by Crippen LogP contribution is 2.13. The zero-order valence-corrected chi connectivity index (χ0v) is 10.5. The standard InChI is InChI=1S/C9H15Cl2NO3/c1-4-15-9(14)6(5-12(2)3)7(13)8(10)11/h6,8H,4-5H2,1-3H3. The quantitative estimate of drug-likeness (QED) is 0.405. The Morgan fingerprint density at radius 1 is 1.33 bits per heavy atom. The number of rotatable bonds is 6. The SMILES string of the molecule is CCOC(=O)C(CN(C)C)C(=O)C(Cl)Cl. The zero-order chi connectivity index (χ0) is 12.0. The molecule has 0 heterocycles. The molecule has 0 fully saturated rings. The third kappa shape index (κ3) is 5.35. The second-order valence-corrected chi connectivity index (χ2v) is 4.37.